The molecule has 0 aromatic heterocycles. The standard InChI is InChI=1S/C16H28N2O/c1-5-17-12-15-8-6-7-9-16(15)13-18(4)10-11-19-14(2)3/h6-9,14,17H,5,10-13H2,1-4H3. The zero-order valence-electron chi connectivity index (χ0n) is 12.8. The molecule has 0 bridgehead atoms. The lowest BCUT2D eigenvalue weighted by molar-refractivity contribution is 0.0626. The van der Waals surface area contributed by atoms with Crippen molar-refractivity contribution in [3.8, 4) is 0 Å². The topological polar surface area (TPSA) is 24.5 Å². The zero-order chi connectivity index (χ0) is 14.1. The summed E-state index contributed by atoms with van der Waals surface area (Å²) in [5.41, 5.74) is 2.79. The second-order valence-electron chi connectivity index (χ2n) is 5.21. The molecule has 0 amide bonds. The molecule has 0 radical (unpaired) electrons. The van der Waals surface area contributed by atoms with E-state index in [0.29, 0.717) is 6.10 Å². The molecule has 0 fully saturated rings. The lowest BCUT2D eigenvalue weighted by atomic mass is 10.1. The quantitative estimate of drug-likeness (QED) is 0.742. The van der Waals surface area contributed by atoms with Gasteiger partial charge in [-0.15, -0.1) is 0 Å². The Morgan fingerprint density at radius 1 is 1.21 bits per heavy atom. The molecule has 108 valence electrons. The maximum Gasteiger partial charge on any atom is 0.0596 e. The fourth-order valence-corrected chi connectivity index (χ4v) is 1.96. The fourth-order valence-electron chi connectivity index (χ4n) is 1.96. The second kappa shape index (κ2) is 9.08. The fraction of sp³-hybridized carbons (Fsp3) is 0.625. The summed E-state index contributed by atoms with van der Waals surface area (Å²) in [4.78, 5) is 2.31. The molecule has 19 heavy (non-hydrogen) atoms. The Balaban J connectivity index is 2.46. The smallest absolute Gasteiger partial charge is 0.0596 e. The summed E-state index contributed by atoms with van der Waals surface area (Å²) in [6.45, 7) is 11.0. The summed E-state index contributed by atoms with van der Waals surface area (Å²) in [6, 6.07) is 8.64. The van der Waals surface area contributed by atoms with Crippen molar-refractivity contribution in [2.45, 2.75) is 40.0 Å². The minimum atomic E-state index is 0.314. The lowest BCUT2D eigenvalue weighted by Gasteiger charge is -2.19. The van der Waals surface area contributed by atoms with Gasteiger partial charge in [-0.3, -0.25) is 4.90 Å². The molecule has 3 heteroatoms. The molecule has 0 spiro atoms. The first-order chi connectivity index (χ1) is 9.13. The van der Waals surface area contributed by atoms with Gasteiger partial charge in [0.2, 0.25) is 0 Å². The van der Waals surface area contributed by atoms with E-state index in [1.165, 1.54) is 11.1 Å². The first kappa shape index (κ1) is 16.2. The van der Waals surface area contributed by atoms with Crippen LogP contribution < -0.4 is 5.32 Å². The molecule has 0 saturated carbocycles. The van der Waals surface area contributed by atoms with Crippen LogP contribution in [0.25, 0.3) is 0 Å². The van der Waals surface area contributed by atoms with E-state index in [0.717, 1.165) is 32.8 Å². The van der Waals surface area contributed by atoms with Crippen LogP contribution in [0.3, 0.4) is 0 Å². The molecule has 0 heterocycles. The number of nitrogens with one attached hydrogen (secondary N) is 1. The Labute approximate surface area is 118 Å². The van der Waals surface area contributed by atoms with E-state index in [1.807, 2.05) is 0 Å². The van der Waals surface area contributed by atoms with Crippen LogP contribution in [0, 0.1) is 0 Å². The van der Waals surface area contributed by atoms with Crippen molar-refractivity contribution in [2.75, 3.05) is 26.7 Å². The van der Waals surface area contributed by atoms with E-state index < -0.39 is 0 Å². The molecule has 1 aromatic carbocycles. The van der Waals surface area contributed by atoms with Gasteiger partial charge in [-0.1, -0.05) is 31.2 Å². The van der Waals surface area contributed by atoms with E-state index in [2.05, 4.69) is 62.3 Å². The summed E-state index contributed by atoms with van der Waals surface area (Å²) in [6.07, 6.45) is 0.314. The van der Waals surface area contributed by atoms with Gasteiger partial charge < -0.3 is 10.1 Å². The Kier molecular flexibility index (Phi) is 7.72. The van der Waals surface area contributed by atoms with Gasteiger partial charge in [0, 0.05) is 19.6 Å². The van der Waals surface area contributed by atoms with Crippen molar-refractivity contribution in [2.24, 2.45) is 0 Å². The molecule has 0 unspecified atom stereocenters. The highest BCUT2D eigenvalue weighted by Crippen LogP contribution is 2.11. The van der Waals surface area contributed by atoms with Gasteiger partial charge in [0.15, 0.2) is 0 Å². The maximum atomic E-state index is 5.59. The van der Waals surface area contributed by atoms with Gasteiger partial charge in [0.05, 0.1) is 12.7 Å². The highest BCUT2D eigenvalue weighted by molar-refractivity contribution is 5.26. The van der Waals surface area contributed by atoms with Crippen LogP contribution in [0.5, 0.6) is 0 Å². The molecular formula is C16H28N2O. The van der Waals surface area contributed by atoms with Crippen molar-refractivity contribution >= 4 is 0 Å². The summed E-state index contributed by atoms with van der Waals surface area (Å²) in [5, 5.41) is 3.39. The largest absolute Gasteiger partial charge is 0.377 e. The summed E-state index contributed by atoms with van der Waals surface area (Å²) in [7, 11) is 2.15. The number of hydrogen-bond acceptors (Lipinski definition) is 3. The Morgan fingerprint density at radius 2 is 1.89 bits per heavy atom. The van der Waals surface area contributed by atoms with Crippen LogP contribution in [0.2, 0.25) is 0 Å². The first-order valence-corrected chi connectivity index (χ1v) is 7.21. The minimum Gasteiger partial charge on any atom is -0.377 e. The highest BCUT2D eigenvalue weighted by atomic mass is 16.5. The molecular weight excluding hydrogens is 236 g/mol. The summed E-state index contributed by atoms with van der Waals surface area (Å²) < 4.78 is 5.59. The zero-order valence-corrected chi connectivity index (χ0v) is 12.8. The summed E-state index contributed by atoms with van der Waals surface area (Å²) >= 11 is 0. The van der Waals surface area contributed by atoms with Gasteiger partial charge in [0.1, 0.15) is 0 Å². The van der Waals surface area contributed by atoms with E-state index in [4.69, 9.17) is 4.74 Å². The predicted molar refractivity (Wildman–Crippen MR) is 81.2 cm³/mol. The van der Waals surface area contributed by atoms with Crippen LogP contribution in [-0.2, 0) is 17.8 Å². The van der Waals surface area contributed by atoms with Crippen molar-refractivity contribution in [3.05, 3.63) is 35.4 Å². The monoisotopic (exact) mass is 264 g/mol. The molecule has 0 saturated heterocycles. The molecule has 1 rings (SSSR count). The minimum absolute atomic E-state index is 0.314. The third kappa shape index (κ3) is 6.71. The number of rotatable bonds is 9. The van der Waals surface area contributed by atoms with Gasteiger partial charge in [-0.05, 0) is 38.6 Å². The van der Waals surface area contributed by atoms with Crippen molar-refractivity contribution in [3.63, 3.8) is 0 Å². The average Bonchev–Trinajstić information content (AvgIpc) is 2.37. The van der Waals surface area contributed by atoms with Crippen molar-refractivity contribution in [1.82, 2.24) is 10.2 Å². The number of ether oxygens (including phenoxy) is 1. The van der Waals surface area contributed by atoms with E-state index >= 15 is 0 Å². The van der Waals surface area contributed by atoms with Gasteiger partial charge >= 0.3 is 0 Å². The molecule has 0 aliphatic carbocycles. The SMILES string of the molecule is CCNCc1ccccc1CN(C)CCOC(C)C. The second-order valence-corrected chi connectivity index (χ2v) is 5.21. The third-order valence-electron chi connectivity index (χ3n) is 3.05. The summed E-state index contributed by atoms with van der Waals surface area (Å²) in [5.74, 6) is 0. The van der Waals surface area contributed by atoms with Crippen LogP contribution in [0.15, 0.2) is 24.3 Å². The van der Waals surface area contributed by atoms with Gasteiger partial charge in [-0.2, -0.15) is 0 Å². The van der Waals surface area contributed by atoms with E-state index in [9.17, 15) is 0 Å². The Morgan fingerprint density at radius 3 is 2.53 bits per heavy atom. The lowest BCUT2D eigenvalue weighted by Crippen LogP contribution is -2.25. The van der Waals surface area contributed by atoms with E-state index in [1.54, 1.807) is 0 Å². The number of likely N-dealkylation sites (N-methyl/N-ethyl adjacent to an activating group) is 1. The van der Waals surface area contributed by atoms with Crippen LogP contribution in [0.1, 0.15) is 31.9 Å². The number of nitrogens with zero attached hydrogens (tertiary/aromatic N) is 1. The number of hydrogen-bond donors (Lipinski definition) is 1. The van der Waals surface area contributed by atoms with Gasteiger partial charge in [0.25, 0.3) is 0 Å². The van der Waals surface area contributed by atoms with Crippen LogP contribution in [-0.4, -0.2) is 37.7 Å². The van der Waals surface area contributed by atoms with Crippen molar-refractivity contribution in [1.29, 1.82) is 0 Å². The maximum absolute atomic E-state index is 5.59. The van der Waals surface area contributed by atoms with Crippen molar-refractivity contribution < 1.29 is 4.74 Å². The molecule has 3 nitrogen and oxygen atoms in total. The predicted octanol–water partition coefficient (Wildman–Crippen LogP) is 2.65. The van der Waals surface area contributed by atoms with E-state index in [-0.39, 0.29) is 0 Å². The number of benzene rings is 1. The highest BCUT2D eigenvalue weighted by Gasteiger charge is 2.05. The molecule has 0 aliphatic rings. The molecule has 0 aliphatic heterocycles. The van der Waals surface area contributed by atoms with Gasteiger partial charge in [-0.25, -0.2) is 0 Å². The Bertz CT molecular complexity index is 352. The molecule has 1 N–H and O–H groups in total. The van der Waals surface area contributed by atoms with Crippen LogP contribution >= 0.6 is 0 Å². The third-order valence-corrected chi connectivity index (χ3v) is 3.05. The first-order valence-electron chi connectivity index (χ1n) is 7.21. The van der Waals surface area contributed by atoms with Crippen LogP contribution in [0.4, 0.5) is 0 Å². The average molecular weight is 264 g/mol. The molecule has 1 aromatic rings. The molecule has 0 atom stereocenters. The Hall–Kier alpha value is -0.900. The normalized spacial score (nSPS) is 11.5.